The number of nitrogens with two attached hydrogens (primary N) is 1. The second-order valence-electron chi connectivity index (χ2n) is 10.9. The van der Waals surface area contributed by atoms with Gasteiger partial charge in [-0.25, -0.2) is 4.98 Å². The summed E-state index contributed by atoms with van der Waals surface area (Å²) in [6.45, 7) is 10.4. The first kappa shape index (κ1) is 26.4. The molecule has 0 bridgehead atoms. The van der Waals surface area contributed by atoms with Crippen LogP contribution in [0.25, 0.3) is 0 Å². The number of carbonyl (C=O) groups is 1. The number of rotatable bonds is 6. The lowest BCUT2D eigenvalue weighted by atomic mass is 9.74. The largest absolute Gasteiger partial charge is 0.398 e. The number of nitrogens with one attached hydrogen (secondary N) is 1. The lowest BCUT2D eigenvalue weighted by Gasteiger charge is -2.44. The number of amides is 1. The normalized spacial score (nSPS) is 21.8. The molecule has 1 aromatic carbocycles. The quantitative estimate of drug-likeness (QED) is 0.332. The van der Waals surface area contributed by atoms with Crippen molar-refractivity contribution in [2.75, 3.05) is 68.9 Å². The van der Waals surface area contributed by atoms with Crippen LogP contribution in [-0.2, 0) is 17.6 Å². The molecule has 0 saturated carbocycles. The maximum absolute atomic E-state index is 12.2. The molecule has 3 heterocycles. The topological polar surface area (TPSA) is 106 Å². The van der Waals surface area contributed by atoms with E-state index < -0.39 is 0 Å². The van der Waals surface area contributed by atoms with Crippen molar-refractivity contribution < 1.29 is 4.79 Å². The van der Waals surface area contributed by atoms with Crippen LogP contribution in [0.3, 0.4) is 0 Å². The Kier molecular flexibility index (Phi) is 7.33. The highest BCUT2D eigenvalue weighted by molar-refractivity contribution is 6.32. The third kappa shape index (κ3) is 4.73. The molecule has 1 aliphatic carbocycles. The summed E-state index contributed by atoms with van der Waals surface area (Å²) in [5.74, 6) is 2.09. The van der Waals surface area contributed by atoms with Gasteiger partial charge in [-0.3, -0.25) is 4.79 Å². The molecule has 3 aliphatic rings. The number of aromatic nitrogens is 2. The summed E-state index contributed by atoms with van der Waals surface area (Å²) in [4.78, 5) is 31.0. The average molecular weight is 537 g/mol. The predicted octanol–water partition coefficient (Wildman–Crippen LogP) is 2.81. The molecule has 2 atom stereocenters. The molecule has 5 rings (SSSR count). The molecule has 2 saturated heterocycles. The monoisotopic (exact) mass is 536 g/mol. The minimum absolute atomic E-state index is 0.0251. The van der Waals surface area contributed by atoms with Crippen molar-refractivity contribution in [2.45, 2.75) is 31.7 Å². The Hall–Kier alpha value is -3.17. The van der Waals surface area contributed by atoms with Crippen molar-refractivity contribution in [2.24, 2.45) is 5.92 Å². The first-order chi connectivity index (χ1) is 18.2. The number of nitrogen functional groups attached to an aromatic ring is 1. The third-order valence-corrected chi connectivity index (χ3v) is 8.74. The highest BCUT2D eigenvalue weighted by atomic mass is 35.5. The van der Waals surface area contributed by atoms with E-state index in [0.717, 1.165) is 55.6 Å². The highest BCUT2D eigenvalue weighted by Gasteiger charge is 2.37. The number of nitrogens with zero attached hydrogens (tertiary/aromatic N) is 6. The molecule has 2 fully saturated rings. The first-order valence-electron chi connectivity index (χ1n) is 13.3. The highest BCUT2D eigenvalue weighted by Crippen LogP contribution is 2.44. The van der Waals surface area contributed by atoms with Gasteiger partial charge in [0, 0.05) is 73.4 Å². The van der Waals surface area contributed by atoms with E-state index in [1.807, 2.05) is 11.0 Å². The molecule has 202 valence electrons. The fraction of sp³-hybridized carbons (Fsp3) is 0.500. The maximum atomic E-state index is 12.2. The number of hydrogen-bond acceptors (Lipinski definition) is 8. The summed E-state index contributed by atoms with van der Waals surface area (Å²) in [6.07, 6.45) is 4.23. The fourth-order valence-electron chi connectivity index (χ4n) is 5.92. The molecule has 0 unspecified atom stereocenters. The summed E-state index contributed by atoms with van der Waals surface area (Å²) in [7, 11) is 4.21. The number of anilines is 3. The summed E-state index contributed by atoms with van der Waals surface area (Å²) in [5, 5.41) is 8.66. The molecule has 2 aromatic rings. The van der Waals surface area contributed by atoms with Gasteiger partial charge < -0.3 is 30.7 Å². The number of hydrogen-bond donors (Lipinski definition) is 2. The Bertz CT molecular complexity index is 1250. The molecule has 1 aromatic heterocycles. The first-order valence-corrected chi connectivity index (χ1v) is 13.6. The van der Waals surface area contributed by atoms with Gasteiger partial charge in [-0.2, -0.15) is 4.98 Å². The van der Waals surface area contributed by atoms with E-state index in [0.29, 0.717) is 41.8 Å². The Morgan fingerprint density at radius 2 is 1.87 bits per heavy atom. The SMILES string of the molecule is C=CC(=O)N1CCN(c2nc(N3CC(N(C)C)C3)nc3c2C[C@@H](C)[C@H](c2c(Cl)ccc(N)c2C=N)C3)CC1. The molecule has 1 amide bonds. The van der Waals surface area contributed by atoms with Crippen LogP contribution in [0.5, 0.6) is 0 Å². The fourth-order valence-corrected chi connectivity index (χ4v) is 6.23. The van der Waals surface area contributed by atoms with Gasteiger partial charge in [-0.1, -0.05) is 25.1 Å². The maximum Gasteiger partial charge on any atom is 0.246 e. The van der Waals surface area contributed by atoms with Crippen LogP contribution >= 0.6 is 11.6 Å². The average Bonchev–Trinajstić information content (AvgIpc) is 2.88. The molecule has 2 aliphatic heterocycles. The van der Waals surface area contributed by atoms with E-state index in [1.54, 1.807) is 6.07 Å². The summed E-state index contributed by atoms with van der Waals surface area (Å²) < 4.78 is 0. The van der Waals surface area contributed by atoms with E-state index in [1.165, 1.54) is 17.9 Å². The van der Waals surface area contributed by atoms with Crippen LogP contribution < -0.4 is 15.5 Å². The minimum atomic E-state index is -0.0251. The molecule has 0 radical (unpaired) electrons. The van der Waals surface area contributed by atoms with Crippen LogP contribution in [-0.4, -0.2) is 91.3 Å². The van der Waals surface area contributed by atoms with Gasteiger partial charge in [-0.15, -0.1) is 0 Å². The van der Waals surface area contributed by atoms with Crippen LogP contribution in [0.4, 0.5) is 17.5 Å². The van der Waals surface area contributed by atoms with E-state index >= 15 is 0 Å². The van der Waals surface area contributed by atoms with Crippen molar-refractivity contribution in [1.82, 2.24) is 19.8 Å². The Balaban J connectivity index is 1.51. The van der Waals surface area contributed by atoms with E-state index in [4.69, 9.17) is 32.7 Å². The molecular formula is C28H37ClN8O. The van der Waals surface area contributed by atoms with Crippen molar-refractivity contribution >= 4 is 41.2 Å². The molecule has 9 nitrogen and oxygen atoms in total. The zero-order valence-electron chi connectivity index (χ0n) is 22.5. The van der Waals surface area contributed by atoms with Crippen molar-refractivity contribution in [3.63, 3.8) is 0 Å². The van der Waals surface area contributed by atoms with Gasteiger partial charge in [0.2, 0.25) is 11.9 Å². The van der Waals surface area contributed by atoms with Gasteiger partial charge in [0.1, 0.15) is 5.82 Å². The summed E-state index contributed by atoms with van der Waals surface area (Å²) in [6, 6.07) is 4.10. The second-order valence-corrected chi connectivity index (χ2v) is 11.3. The van der Waals surface area contributed by atoms with Crippen LogP contribution in [0.2, 0.25) is 5.02 Å². The number of benzene rings is 1. The Morgan fingerprint density at radius 3 is 2.50 bits per heavy atom. The van der Waals surface area contributed by atoms with Gasteiger partial charge in [0.05, 0.1) is 5.69 Å². The zero-order valence-corrected chi connectivity index (χ0v) is 23.2. The standard InChI is InChI=1S/C28H37ClN8O/c1-5-25(38)35-8-10-36(11-9-35)27-20-12-17(2)19(26-21(14-30)23(31)7-6-22(26)29)13-24(20)32-28(33-27)37-15-18(16-37)34(3)4/h5-7,14,17-19,30H,1,8-13,15-16,31H2,2-4H3/t17-,19-/m1/s1. The van der Waals surface area contributed by atoms with Crippen molar-refractivity contribution in [1.29, 1.82) is 5.41 Å². The zero-order chi connectivity index (χ0) is 27.1. The van der Waals surface area contributed by atoms with Crippen molar-refractivity contribution in [3.8, 4) is 0 Å². The van der Waals surface area contributed by atoms with Gasteiger partial charge >= 0.3 is 0 Å². The van der Waals surface area contributed by atoms with Crippen molar-refractivity contribution in [3.05, 3.63) is 52.2 Å². The van der Waals surface area contributed by atoms with Gasteiger partial charge in [0.25, 0.3) is 0 Å². The summed E-state index contributed by atoms with van der Waals surface area (Å²) >= 11 is 6.72. The van der Waals surface area contributed by atoms with Crippen LogP contribution in [0, 0.1) is 11.3 Å². The van der Waals surface area contributed by atoms with Gasteiger partial charge in [0.15, 0.2) is 0 Å². The number of piperazine rings is 1. The number of halogens is 1. The van der Waals surface area contributed by atoms with Crippen LogP contribution in [0.15, 0.2) is 24.8 Å². The third-order valence-electron chi connectivity index (χ3n) is 8.41. The van der Waals surface area contributed by atoms with Crippen LogP contribution in [0.1, 0.15) is 35.2 Å². The molecule has 10 heteroatoms. The smallest absolute Gasteiger partial charge is 0.246 e. The number of fused-ring (bicyclic) bond motifs is 1. The lowest BCUT2D eigenvalue weighted by Crippen LogP contribution is -2.58. The Labute approximate surface area is 229 Å². The van der Waals surface area contributed by atoms with E-state index in [9.17, 15) is 4.79 Å². The lowest BCUT2D eigenvalue weighted by molar-refractivity contribution is -0.126. The molecule has 38 heavy (non-hydrogen) atoms. The van der Waals surface area contributed by atoms with E-state index in [-0.39, 0.29) is 17.7 Å². The number of carbonyl (C=O) groups excluding carboxylic acids is 1. The van der Waals surface area contributed by atoms with Gasteiger partial charge in [-0.05, 0) is 62.5 Å². The number of likely N-dealkylation sites (N-methyl/N-ethyl adjacent to an activating group) is 1. The Morgan fingerprint density at radius 1 is 1.16 bits per heavy atom. The molecular weight excluding hydrogens is 500 g/mol. The molecule has 3 N–H and O–H groups in total. The second kappa shape index (κ2) is 10.5. The van der Waals surface area contributed by atoms with E-state index in [2.05, 4.69) is 42.3 Å². The minimum Gasteiger partial charge on any atom is -0.398 e. The predicted molar refractivity (Wildman–Crippen MR) is 154 cm³/mol. The molecule has 0 spiro atoms. The summed E-state index contributed by atoms with van der Waals surface area (Å²) in [5.41, 5.74) is 10.7.